The van der Waals surface area contributed by atoms with Gasteiger partial charge in [0.05, 0.1) is 6.04 Å². The molecule has 1 atom stereocenters. The fraction of sp³-hybridized carbons (Fsp3) is 0.467. The van der Waals surface area contributed by atoms with Crippen LogP contribution in [-0.4, -0.2) is 35.4 Å². The SMILES string of the molecule is CCCC[C@@H]1C=CCN1C(=O)c1ccnc(NC)c1. The summed E-state index contributed by atoms with van der Waals surface area (Å²) in [7, 11) is 1.80. The first-order chi connectivity index (χ1) is 9.26. The third kappa shape index (κ3) is 3.13. The minimum atomic E-state index is 0.0880. The predicted molar refractivity (Wildman–Crippen MR) is 77.3 cm³/mol. The Kier molecular flexibility index (Phi) is 4.55. The van der Waals surface area contributed by atoms with Crippen LogP contribution in [0.1, 0.15) is 36.5 Å². The van der Waals surface area contributed by atoms with Crippen molar-refractivity contribution >= 4 is 11.7 Å². The molecule has 102 valence electrons. The molecule has 0 spiro atoms. The molecule has 0 saturated heterocycles. The number of rotatable bonds is 5. The molecule has 0 radical (unpaired) electrons. The Balaban J connectivity index is 2.10. The van der Waals surface area contributed by atoms with Crippen molar-refractivity contribution in [3.63, 3.8) is 0 Å². The van der Waals surface area contributed by atoms with Gasteiger partial charge in [-0.3, -0.25) is 4.79 Å². The van der Waals surface area contributed by atoms with E-state index in [1.165, 1.54) is 0 Å². The maximum Gasteiger partial charge on any atom is 0.254 e. The van der Waals surface area contributed by atoms with Crippen molar-refractivity contribution in [3.05, 3.63) is 36.0 Å². The number of nitrogens with one attached hydrogen (secondary N) is 1. The molecule has 1 amide bonds. The van der Waals surface area contributed by atoms with E-state index in [9.17, 15) is 4.79 Å². The van der Waals surface area contributed by atoms with Crippen LogP contribution in [0.25, 0.3) is 0 Å². The molecule has 2 heterocycles. The standard InChI is InChI=1S/C15H21N3O/c1-3-4-6-13-7-5-10-18(13)15(19)12-8-9-17-14(11-12)16-2/h5,7-9,11,13H,3-4,6,10H2,1-2H3,(H,16,17)/t13-/m1/s1. The average molecular weight is 259 g/mol. The zero-order valence-corrected chi connectivity index (χ0v) is 11.6. The van der Waals surface area contributed by atoms with Crippen LogP contribution >= 0.6 is 0 Å². The lowest BCUT2D eigenvalue weighted by Gasteiger charge is -2.24. The van der Waals surface area contributed by atoms with Gasteiger partial charge in [-0.15, -0.1) is 0 Å². The molecule has 1 N–H and O–H groups in total. The molecule has 0 bridgehead atoms. The van der Waals surface area contributed by atoms with E-state index in [0.29, 0.717) is 12.1 Å². The summed E-state index contributed by atoms with van der Waals surface area (Å²) in [4.78, 5) is 18.6. The number of pyridine rings is 1. The number of unbranched alkanes of at least 4 members (excludes halogenated alkanes) is 1. The molecule has 4 heteroatoms. The van der Waals surface area contributed by atoms with Crippen LogP contribution in [-0.2, 0) is 0 Å². The molecule has 0 saturated carbocycles. The number of carbonyl (C=O) groups is 1. The van der Waals surface area contributed by atoms with Gasteiger partial charge < -0.3 is 10.2 Å². The fourth-order valence-electron chi connectivity index (χ4n) is 2.34. The molecule has 1 aliphatic rings. The van der Waals surface area contributed by atoms with Crippen LogP contribution in [0.3, 0.4) is 0 Å². The van der Waals surface area contributed by atoms with Crippen molar-refractivity contribution in [1.82, 2.24) is 9.88 Å². The Morgan fingerprint density at radius 3 is 3.16 bits per heavy atom. The van der Waals surface area contributed by atoms with Gasteiger partial charge in [0.2, 0.25) is 0 Å². The molecular formula is C15H21N3O. The summed E-state index contributed by atoms with van der Waals surface area (Å²) < 4.78 is 0. The molecule has 1 aromatic heterocycles. The number of hydrogen-bond acceptors (Lipinski definition) is 3. The Morgan fingerprint density at radius 1 is 1.58 bits per heavy atom. The second-order valence-corrected chi connectivity index (χ2v) is 4.77. The second kappa shape index (κ2) is 6.36. The van der Waals surface area contributed by atoms with E-state index in [-0.39, 0.29) is 11.9 Å². The third-order valence-corrected chi connectivity index (χ3v) is 3.44. The van der Waals surface area contributed by atoms with Crippen LogP contribution in [0.15, 0.2) is 30.5 Å². The van der Waals surface area contributed by atoms with E-state index < -0.39 is 0 Å². The van der Waals surface area contributed by atoms with Crippen LogP contribution in [0.2, 0.25) is 0 Å². The van der Waals surface area contributed by atoms with Gasteiger partial charge in [-0.25, -0.2) is 4.98 Å². The molecule has 1 aliphatic heterocycles. The van der Waals surface area contributed by atoms with Crippen molar-refractivity contribution in [2.24, 2.45) is 0 Å². The maximum atomic E-state index is 12.5. The smallest absolute Gasteiger partial charge is 0.254 e. The van der Waals surface area contributed by atoms with E-state index in [4.69, 9.17) is 0 Å². The van der Waals surface area contributed by atoms with Gasteiger partial charge in [0.25, 0.3) is 5.91 Å². The largest absolute Gasteiger partial charge is 0.373 e. The van der Waals surface area contributed by atoms with Crippen molar-refractivity contribution in [3.8, 4) is 0 Å². The third-order valence-electron chi connectivity index (χ3n) is 3.44. The van der Waals surface area contributed by atoms with E-state index in [0.717, 1.165) is 25.1 Å². The number of amides is 1. The highest BCUT2D eigenvalue weighted by molar-refractivity contribution is 5.95. The van der Waals surface area contributed by atoms with Crippen LogP contribution in [0.4, 0.5) is 5.82 Å². The molecule has 0 aliphatic carbocycles. The zero-order valence-electron chi connectivity index (χ0n) is 11.6. The monoisotopic (exact) mass is 259 g/mol. The number of carbonyl (C=O) groups excluding carboxylic acids is 1. The molecule has 1 aromatic rings. The van der Waals surface area contributed by atoms with Crippen molar-refractivity contribution in [1.29, 1.82) is 0 Å². The van der Waals surface area contributed by atoms with E-state index >= 15 is 0 Å². The fourth-order valence-corrected chi connectivity index (χ4v) is 2.34. The molecule has 2 rings (SSSR count). The van der Waals surface area contributed by atoms with E-state index in [2.05, 4.69) is 29.4 Å². The van der Waals surface area contributed by atoms with Gasteiger partial charge in [0.15, 0.2) is 0 Å². The van der Waals surface area contributed by atoms with Gasteiger partial charge in [0, 0.05) is 25.4 Å². The number of hydrogen-bond donors (Lipinski definition) is 1. The van der Waals surface area contributed by atoms with Crippen LogP contribution in [0, 0.1) is 0 Å². The van der Waals surface area contributed by atoms with E-state index in [1.54, 1.807) is 25.4 Å². The molecule has 19 heavy (non-hydrogen) atoms. The highest BCUT2D eigenvalue weighted by atomic mass is 16.2. The normalized spacial score (nSPS) is 17.8. The highest BCUT2D eigenvalue weighted by Crippen LogP contribution is 2.19. The topological polar surface area (TPSA) is 45.2 Å². The summed E-state index contributed by atoms with van der Waals surface area (Å²) in [5.74, 6) is 0.813. The summed E-state index contributed by atoms with van der Waals surface area (Å²) in [6, 6.07) is 3.83. The van der Waals surface area contributed by atoms with Gasteiger partial charge in [-0.05, 0) is 18.6 Å². The molecular weight excluding hydrogens is 238 g/mol. The first kappa shape index (κ1) is 13.6. The van der Waals surface area contributed by atoms with Gasteiger partial charge in [0.1, 0.15) is 5.82 Å². The minimum Gasteiger partial charge on any atom is -0.373 e. The number of aromatic nitrogens is 1. The first-order valence-electron chi connectivity index (χ1n) is 6.87. The van der Waals surface area contributed by atoms with Gasteiger partial charge in [-0.1, -0.05) is 31.9 Å². The highest BCUT2D eigenvalue weighted by Gasteiger charge is 2.25. The van der Waals surface area contributed by atoms with E-state index in [1.807, 2.05) is 4.90 Å². The van der Waals surface area contributed by atoms with Crippen molar-refractivity contribution in [2.45, 2.75) is 32.2 Å². The Morgan fingerprint density at radius 2 is 2.42 bits per heavy atom. The Hall–Kier alpha value is -1.84. The average Bonchev–Trinajstić information content (AvgIpc) is 2.92. The summed E-state index contributed by atoms with van der Waals surface area (Å²) in [5.41, 5.74) is 0.699. The van der Waals surface area contributed by atoms with Gasteiger partial charge >= 0.3 is 0 Å². The van der Waals surface area contributed by atoms with Crippen molar-refractivity contribution < 1.29 is 4.79 Å². The second-order valence-electron chi connectivity index (χ2n) is 4.77. The Bertz CT molecular complexity index is 470. The summed E-state index contributed by atoms with van der Waals surface area (Å²) in [5, 5.41) is 2.96. The molecule has 0 unspecified atom stereocenters. The Labute approximate surface area is 114 Å². The number of anilines is 1. The van der Waals surface area contributed by atoms with Crippen LogP contribution in [0.5, 0.6) is 0 Å². The lowest BCUT2D eigenvalue weighted by molar-refractivity contribution is 0.0743. The minimum absolute atomic E-state index is 0.0880. The summed E-state index contributed by atoms with van der Waals surface area (Å²) >= 11 is 0. The molecule has 0 aromatic carbocycles. The first-order valence-corrected chi connectivity index (χ1v) is 6.87. The predicted octanol–water partition coefficient (Wildman–Crippen LogP) is 2.69. The lowest BCUT2D eigenvalue weighted by atomic mass is 10.1. The lowest BCUT2D eigenvalue weighted by Crippen LogP contribution is -2.36. The molecule has 4 nitrogen and oxygen atoms in total. The van der Waals surface area contributed by atoms with Crippen LogP contribution < -0.4 is 5.32 Å². The van der Waals surface area contributed by atoms with Crippen molar-refractivity contribution in [2.75, 3.05) is 18.9 Å². The van der Waals surface area contributed by atoms with Gasteiger partial charge in [-0.2, -0.15) is 0 Å². The quantitative estimate of drug-likeness (QED) is 0.827. The molecule has 0 fully saturated rings. The zero-order chi connectivity index (χ0) is 13.7. The summed E-state index contributed by atoms with van der Waals surface area (Å²) in [6.07, 6.45) is 9.25. The maximum absolute atomic E-state index is 12.5. The summed E-state index contributed by atoms with van der Waals surface area (Å²) in [6.45, 7) is 2.89. The number of nitrogens with zero attached hydrogens (tertiary/aromatic N) is 2.